The number of piperidine rings is 1. The number of likely N-dealkylation sites (tertiary alicyclic amines) is 1. The molecule has 1 fully saturated rings. The molecule has 1 aliphatic heterocycles. The molecule has 0 radical (unpaired) electrons. The summed E-state index contributed by atoms with van der Waals surface area (Å²) < 4.78 is 0.793. The number of amides is 2. The minimum absolute atomic E-state index is 0.0632. The molecule has 1 aromatic carbocycles. The minimum Gasteiger partial charge on any atom is -0.478 e. The van der Waals surface area contributed by atoms with Gasteiger partial charge in [-0.1, -0.05) is 0 Å². The van der Waals surface area contributed by atoms with Gasteiger partial charge in [-0.3, -0.25) is 0 Å². The van der Waals surface area contributed by atoms with E-state index in [1.807, 2.05) is 22.6 Å². The standard InChI is InChI=1S/C14H17IN2O4/c15-10-3-4-12(11(6-10)13(19)20)16-14(21)17-5-1-2-9(7-17)8-18/h3-4,6,9,18H,1-2,5,7-8H2,(H,16,21)(H,19,20). The zero-order valence-corrected chi connectivity index (χ0v) is 13.5. The van der Waals surface area contributed by atoms with Crippen LogP contribution in [-0.4, -0.2) is 46.8 Å². The van der Waals surface area contributed by atoms with Crippen LogP contribution in [0.1, 0.15) is 23.2 Å². The molecule has 114 valence electrons. The SMILES string of the molecule is O=C(O)c1cc(I)ccc1NC(=O)N1CCCC(CO)C1. The second kappa shape index (κ2) is 7.08. The van der Waals surface area contributed by atoms with E-state index in [1.54, 1.807) is 17.0 Å². The summed E-state index contributed by atoms with van der Waals surface area (Å²) in [5.41, 5.74) is 0.366. The van der Waals surface area contributed by atoms with Gasteiger partial charge in [0.1, 0.15) is 0 Å². The maximum absolute atomic E-state index is 12.2. The van der Waals surface area contributed by atoms with Gasteiger partial charge in [-0.2, -0.15) is 0 Å². The number of carbonyl (C=O) groups excluding carboxylic acids is 1. The first-order chi connectivity index (χ1) is 10.0. The molecule has 0 saturated carbocycles. The number of carbonyl (C=O) groups is 2. The van der Waals surface area contributed by atoms with E-state index in [0.29, 0.717) is 18.8 Å². The fourth-order valence-electron chi connectivity index (χ4n) is 2.40. The summed E-state index contributed by atoms with van der Waals surface area (Å²) in [6.45, 7) is 1.18. The number of aliphatic hydroxyl groups is 1. The first-order valence-electron chi connectivity index (χ1n) is 6.71. The van der Waals surface area contributed by atoms with Crippen LogP contribution in [0.5, 0.6) is 0 Å². The zero-order valence-electron chi connectivity index (χ0n) is 11.4. The van der Waals surface area contributed by atoms with Gasteiger partial charge in [0.15, 0.2) is 0 Å². The number of halogens is 1. The Labute approximate surface area is 136 Å². The molecule has 1 heterocycles. The first-order valence-corrected chi connectivity index (χ1v) is 7.78. The fraction of sp³-hybridized carbons (Fsp3) is 0.429. The van der Waals surface area contributed by atoms with Gasteiger partial charge in [0.05, 0.1) is 11.3 Å². The van der Waals surface area contributed by atoms with Crippen molar-refractivity contribution in [3.63, 3.8) is 0 Å². The number of hydrogen-bond acceptors (Lipinski definition) is 3. The molecule has 1 unspecified atom stereocenters. The Bertz CT molecular complexity index is 550. The number of nitrogens with zero attached hydrogens (tertiary/aromatic N) is 1. The highest BCUT2D eigenvalue weighted by atomic mass is 127. The molecule has 2 rings (SSSR count). The predicted molar refractivity (Wildman–Crippen MR) is 86.5 cm³/mol. The molecule has 0 spiro atoms. The minimum atomic E-state index is -1.07. The van der Waals surface area contributed by atoms with Crippen LogP contribution in [0.2, 0.25) is 0 Å². The molecule has 2 amide bonds. The summed E-state index contributed by atoms with van der Waals surface area (Å²) in [4.78, 5) is 25.1. The number of carboxylic acid groups (broad SMARTS) is 1. The van der Waals surface area contributed by atoms with Crippen LogP contribution in [0, 0.1) is 9.49 Å². The van der Waals surface area contributed by atoms with Gasteiger partial charge in [-0.25, -0.2) is 9.59 Å². The lowest BCUT2D eigenvalue weighted by Gasteiger charge is -2.32. The van der Waals surface area contributed by atoms with Crippen LogP contribution < -0.4 is 5.32 Å². The molecule has 0 aliphatic carbocycles. The third-order valence-electron chi connectivity index (χ3n) is 3.52. The number of urea groups is 1. The van der Waals surface area contributed by atoms with Gasteiger partial charge in [-0.05, 0) is 59.5 Å². The summed E-state index contributed by atoms with van der Waals surface area (Å²) in [6.07, 6.45) is 1.75. The van der Waals surface area contributed by atoms with Crippen molar-refractivity contribution in [1.29, 1.82) is 0 Å². The van der Waals surface area contributed by atoms with E-state index in [1.165, 1.54) is 6.07 Å². The van der Waals surface area contributed by atoms with Crippen LogP contribution in [-0.2, 0) is 0 Å². The molecule has 6 nitrogen and oxygen atoms in total. The number of aliphatic hydroxyl groups excluding tert-OH is 1. The molecule has 7 heteroatoms. The van der Waals surface area contributed by atoms with Crippen molar-refractivity contribution in [3.05, 3.63) is 27.3 Å². The molecular weight excluding hydrogens is 387 g/mol. The highest BCUT2D eigenvalue weighted by Crippen LogP contribution is 2.21. The Morgan fingerprint density at radius 3 is 2.86 bits per heavy atom. The predicted octanol–water partition coefficient (Wildman–Crippen LogP) is 2.23. The molecule has 3 N–H and O–H groups in total. The van der Waals surface area contributed by atoms with E-state index >= 15 is 0 Å². The third-order valence-corrected chi connectivity index (χ3v) is 4.19. The van der Waals surface area contributed by atoms with Crippen molar-refractivity contribution < 1.29 is 19.8 Å². The lowest BCUT2D eigenvalue weighted by molar-refractivity contribution is 0.0698. The van der Waals surface area contributed by atoms with Crippen LogP contribution in [0.4, 0.5) is 10.5 Å². The molecular formula is C14H17IN2O4. The summed E-state index contributed by atoms with van der Waals surface area (Å²) in [5.74, 6) is -0.976. The largest absolute Gasteiger partial charge is 0.478 e. The van der Waals surface area contributed by atoms with Crippen LogP contribution in [0.3, 0.4) is 0 Å². The fourth-order valence-corrected chi connectivity index (χ4v) is 2.89. The Morgan fingerprint density at radius 1 is 1.43 bits per heavy atom. The van der Waals surface area contributed by atoms with Crippen molar-refractivity contribution in [1.82, 2.24) is 4.90 Å². The highest BCUT2D eigenvalue weighted by Gasteiger charge is 2.24. The quantitative estimate of drug-likeness (QED) is 0.675. The second-order valence-corrected chi connectivity index (χ2v) is 6.31. The number of aromatic carboxylic acids is 1. The van der Waals surface area contributed by atoms with E-state index in [9.17, 15) is 19.8 Å². The number of hydrogen-bond donors (Lipinski definition) is 3. The molecule has 1 saturated heterocycles. The van der Waals surface area contributed by atoms with E-state index in [-0.39, 0.29) is 24.1 Å². The van der Waals surface area contributed by atoms with Crippen molar-refractivity contribution in [2.24, 2.45) is 5.92 Å². The van der Waals surface area contributed by atoms with E-state index in [0.717, 1.165) is 16.4 Å². The first kappa shape index (κ1) is 16.0. The average Bonchev–Trinajstić information content (AvgIpc) is 2.48. The van der Waals surface area contributed by atoms with Crippen LogP contribution in [0.25, 0.3) is 0 Å². The lowest BCUT2D eigenvalue weighted by Crippen LogP contribution is -2.43. The Kier molecular flexibility index (Phi) is 5.40. The summed E-state index contributed by atoms with van der Waals surface area (Å²) in [6, 6.07) is 4.54. The lowest BCUT2D eigenvalue weighted by atomic mass is 9.99. The van der Waals surface area contributed by atoms with Crippen molar-refractivity contribution in [3.8, 4) is 0 Å². The maximum atomic E-state index is 12.2. The number of anilines is 1. The Morgan fingerprint density at radius 2 is 2.19 bits per heavy atom. The Balaban J connectivity index is 2.11. The van der Waals surface area contributed by atoms with E-state index in [4.69, 9.17) is 0 Å². The van der Waals surface area contributed by atoms with Crippen LogP contribution >= 0.6 is 22.6 Å². The number of carboxylic acids is 1. The second-order valence-electron chi connectivity index (χ2n) is 5.06. The van der Waals surface area contributed by atoms with E-state index in [2.05, 4.69) is 5.32 Å². The summed E-state index contributed by atoms with van der Waals surface area (Å²) in [5, 5.41) is 21.0. The van der Waals surface area contributed by atoms with Gasteiger partial charge in [-0.15, -0.1) is 0 Å². The summed E-state index contributed by atoms with van der Waals surface area (Å²) in [7, 11) is 0. The van der Waals surface area contributed by atoms with Crippen molar-refractivity contribution in [2.45, 2.75) is 12.8 Å². The van der Waals surface area contributed by atoms with Gasteiger partial charge in [0.2, 0.25) is 0 Å². The number of nitrogens with one attached hydrogen (secondary N) is 1. The van der Waals surface area contributed by atoms with Crippen molar-refractivity contribution >= 4 is 40.3 Å². The third kappa shape index (κ3) is 4.07. The van der Waals surface area contributed by atoms with Crippen molar-refractivity contribution in [2.75, 3.05) is 25.0 Å². The van der Waals surface area contributed by atoms with Gasteiger partial charge < -0.3 is 20.4 Å². The van der Waals surface area contributed by atoms with Crippen LogP contribution in [0.15, 0.2) is 18.2 Å². The van der Waals surface area contributed by atoms with Gasteiger partial charge in [0, 0.05) is 23.3 Å². The monoisotopic (exact) mass is 404 g/mol. The molecule has 0 aromatic heterocycles. The molecule has 21 heavy (non-hydrogen) atoms. The topological polar surface area (TPSA) is 89.9 Å². The zero-order chi connectivity index (χ0) is 15.4. The number of benzene rings is 1. The smallest absolute Gasteiger partial charge is 0.337 e. The highest BCUT2D eigenvalue weighted by molar-refractivity contribution is 14.1. The maximum Gasteiger partial charge on any atom is 0.337 e. The molecule has 1 aromatic rings. The Hall–Kier alpha value is -1.35. The average molecular weight is 404 g/mol. The molecule has 1 atom stereocenters. The van der Waals surface area contributed by atoms with Gasteiger partial charge >= 0.3 is 12.0 Å². The normalized spacial score (nSPS) is 18.4. The van der Waals surface area contributed by atoms with E-state index < -0.39 is 5.97 Å². The molecule has 1 aliphatic rings. The number of rotatable bonds is 3. The molecule has 0 bridgehead atoms. The summed E-state index contributed by atoms with van der Waals surface area (Å²) >= 11 is 2.03. The van der Waals surface area contributed by atoms with Gasteiger partial charge in [0.25, 0.3) is 0 Å².